The van der Waals surface area contributed by atoms with Gasteiger partial charge in [0.05, 0.1) is 5.56 Å². The van der Waals surface area contributed by atoms with E-state index in [1.807, 2.05) is 0 Å². The molecule has 0 aliphatic rings. The molecule has 0 aliphatic heterocycles. The molecule has 18 heavy (non-hydrogen) atoms. The van der Waals surface area contributed by atoms with Gasteiger partial charge >= 0.3 is 6.18 Å². The van der Waals surface area contributed by atoms with Gasteiger partial charge < -0.3 is 9.97 Å². The van der Waals surface area contributed by atoms with Crippen molar-refractivity contribution in [2.24, 2.45) is 0 Å². The maximum atomic E-state index is 12.9. The Hall–Kier alpha value is -2.24. The van der Waals surface area contributed by atoms with E-state index in [-0.39, 0.29) is 10.9 Å². The first-order valence-electron chi connectivity index (χ1n) is 5.17. The van der Waals surface area contributed by atoms with Gasteiger partial charge in [-0.15, -0.1) is 0 Å². The molecule has 0 atom stereocenters. The number of fused-ring (bicyclic) bond motifs is 3. The van der Waals surface area contributed by atoms with Crippen molar-refractivity contribution in [3.8, 4) is 0 Å². The number of H-pyrrole nitrogens is 2. The lowest BCUT2D eigenvalue weighted by Crippen LogP contribution is -2.05. The summed E-state index contributed by atoms with van der Waals surface area (Å²) in [7, 11) is 0. The predicted molar refractivity (Wildman–Crippen MR) is 61.4 cm³/mol. The molecule has 0 fully saturated rings. The molecule has 2 N–H and O–H groups in total. The zero-order valence-electron chi connectivity index (χ0n) is 8.93. The van der Waals surface area contributed by atoms with Gasteiger partial charge in [-0.3, -0.25) is 4.79 Å². The van der Waals surface area contributed by atoms with Crippen LogP contribution in [0.15, 0.2) is 35.3 Å². The van der Waals surface area contributed by atoms with Crippen molar-refractivity contribution in [2.75, 3.05) is 0 Å². The maximum Gasteiger partial charge on any atom is 0.418 e. The molecule has 0 aliphatic carbocycles. The summed E-state index contributed by atoms with van der Waals surface area (Å²) in [6.07, 6.45) is -3.49. The number of benzene rings is 1. The van der Waals surface area contributed by atoms with E-state index in [4.69, 9.17) is 0 Å². The fourth-order valence-corrected chi connectivity index (χ4v) is 2.09. The summed E-state index contributed by atoms with van der Waals surface area (Å²) in [4.78, 5) is 16.3. The van der Waals surface area contributed by atoms with Gasteiger partial charge in [0.2, 0.25) is 5.56 Å². The van der Waals surface area contributed by atoms with Gasteiger partial charge in [-0.05, 0) is 18.2 Å². The Morgan fingerprint density at radius 3 is 2.44 bits per heavy atom. The highest BCUT2D eigenvalue weighted by Gasteiger charge is 2.34. The third-order valence-electron chi connectivity index (χ3n) is 2.85. The Morgan fingerprint density at radius 2 is 1.72 bits per heavy atom. The molecular weight excluding hydrogens is 245 g/mol. The molecule has 0 saturated carbocycles. The molecule has 0 unspecified atom stereocenters. The first-order valence-corrected chi connectivity index (χ1v) is 5.17. The van der Waals surface area contributed by atoms with Gasteiger partial charge in [0.1, 0.15) is 0 Å². The van der Waals surface area contributed by atoms with Gasteiger partial charge in [-0.1, -0.05) is 0 Å². The second-order valence-electron chi connectivity index (χ2n) is 3.97. The van der Waals surface area contributed by atoms with Crippen molar-refractivity contribution in [3.63, 3.8) is 0 Å². The van der Waals surface area contributed by atoms with E-state index in [9.17, 15) is 18.0 Å². The highest BCUT2D eigenvalue weighted by atomic mass is 19.4. The van der Waals surface area contributed by atoms with Crippen LogP contribution < -0.4 is 5.56 Å². The molecule has 3 aromatic rings. The van der Waals surface area contributed by atoms with Gasteiger partial charge in [0.15, 0.2) is 0 Å². The average Bonchev–Trinajstić information content (AvgIpc) is 2.71. The minimum Gasteiger partial charge on any atom is -0.361 e. The van der Waals surface area contributed by atoms with Crippen molar-refractivity contribution in [1.82, 2.24) is 9.97 Å². The quantitative estimate of drug-likeness (QED) is 0.634. The summed E-state index contributed by atoms with van der Waals surface area (Å²) in [5.74, 6) is 0. The van der Waals surface area contributed by atoms with E-state index < -0.39 is 11.7 Å². The SMILES string of the molecule is O=c1ccc2c(ccc3[nH]cc(C(F)(F)F)c32)[nH]1. The molecular formula is C12H7F3N2O. The highest BCUT2D eigenvalue weighted by molar-refractivity contribution is 6.07. The topological polar surface area (TPSA) is 48.6 Å². The van der Waals surface area contributed by atoms with Crippen LogP contribution in [0.4, 0.5) is 13.2 Å². The van der Waals surface area contributed by atoms with Gasteiger partial charge in [0.25, 0.3) is 0 Å². The highest BCUT2D eigenvalue weighted by Crippen LogP contribution is 2.37. The lowest BCUT2D eigenvalue weighted by molar-refractivity contribution is -0.136. The number of hydrogen-bond acceptors (Lipinski definition) is 1. The summed E-state index contributed by atoms with van der Waals surface area (Å²) < 4.78 is 38.6. The molecule has 6 heteroatoms. The Labute approximate surface area is 98.2 Å². The molecule has 0 radical (unpaired) electrons. The summed E-state index contributed by atoms with van der Waals surface area (Å²) in [5.41, 5.74) is -0.289. The summed E-state index contributed by atoms with van der Waals surface area (Å²) in [6.45, 7) is 0. The predicted octanol–water partition coefficient (Wildman–Crippen LogP) is 3.03. The Kier molecular flexibility index (Phi) is 2.04. The van der Waals surface area contributed by atoms with Gasteiger partial charge in [-0.2, -0.15) is 13.2 Å². The van der Waals surface area contributed by atoms with Crippen LogP contribution in [-0.2, 0) is 6.18 Å². The number of aromatic nitrogens is 2. The number of aromatic amines is 2. The summed E-state index contributed by atoms with van der Waals surface area (Å²) in [5, 5.41) is 0.455. The van der Waals surface area contributed by atoms with Crippen molar-refractivity contribution in [3.05, 3.63) is 46.4 Å². The molecule has 0 amide bonds. The van der Waals surface area contributed by atoms with E-state index in [2.05, 4.69) is 9.97 Å². The molecule has 2 aromatic heterocycles. The van der Waals surface area contributed by atoms with Crippen molar-refractivity contribution in [2.45, 2.75) is 6.18 Å². The van der Waals surface area contributed by atoms with Crippen LogP contribution >= 0.6 is 0 Å². The summed E-state index contributed by atoms with van der Waals surface area (Å²) >= 11 is 0. The van der Waals surface area contributed by atoms with Crippen LogP contribution in [0, 0.1) is 0 Å². The molecule has 0 bridgehead atoms. The zero-order valence-corrected chi connectivity index (χ0v) is 8.93. The van der Waals surface area contributed by atoms with Gasteiger partial charge in [0, 0.05) is 34.1 Å². The Bertz CT molecular complexity index is 798. The number of halogens is 3. The minimum atomic E-state index is -4.43. The Morgan fingerprint density at radius 1 is 1.00 bits per heavy atom. The fourth-order valence-electron chi connectivity index (χ4n) is 2.09. The van der Waals surface area contributed by atoms with E-state index in [0.29, 0.717) is 16.4 Å². The molecule has 3 rings (SSSR count). The number of pyridine rings is 1. The lowest BCUT2D eigenvalue weighted by Gasteiger charge is -2.06. The molecule has 1 aromatic carbocycles. The van der Waals surface area contributed by atoms with E-state index in [1.165, 1.54) is 18.2 Å². The van der Waals surface area contributed by atoms with Crippen LogP contribution in [0.3, 0.4) is 0 Å². The number of rotatable bonds is 0. The number of alkyl halides is 3. The normalized spacial score (nSPS) is 12.4. The first-order chi connectivity index (χ1) is 8.47. The molecule has 0 saturated heterocycles. The second kappa shape index (κ2) is 3.38. The van der Waals surface area contributed by atoms with Gasteiger partial charge in [-0.25, -0.2) is 0 Å². The molecule has 0 spiro atoms. The second-order valence-corrected chi connectivity index (χ2v) is 3.97. The minimum absolute atomic E-state index is 0.0799. The van der Waals surface area contributed by atoms with Crippen molar-refractivity contribution in [1.29, 1.82) is 0 Å². The van der Waals surface area contributed by atoms with Crippen molar-refractivity contribution < 1.29 is 13.2 Å². The van der Waals surface area contributed by atoms with Crippen LogP contribution in [0.2, 0.25) is 0 Å². The van der Waals surface area contributed by atoms with Crippen LogP contribution in [0.5, 0.6) is 0 Å². The largest absolute Gasteiger partial charge is 0.418 e. The van der Waals surface area contributed by atoms with Crippen LogP contribution in [-0.4, -0.2) is 9.97 Å². The van der Waals surface area contributed by atoms with Crippen LogP contribution in [0.25, 0.3) is 21.8 Å². The molecule has 92 valence electrons. The lowest BCUT2D eigenvalue weighted by atomic mass is 10.1. The number of hydrogen-bond donors (Lipinski definition) is 2. The smallest absolute Gasteiger partial charge is 0.361 e. The van der Waals surface area contributed by atoms with E-state index in [1.54, 1.807) is 6.07 Å². The third-order valence-corrected chi connectivity index (χ3v) is 2.85. The first kappa shape index (κ1) is 10.9. The Balaban J connectivity index is 2.52. The van der Waals surface area contributed by atoms with E-state index in [0.717, 1.165) is 6.20 Å². The monoisotopic (exact) mass is 252 g/mol. The van der Waals surface area contributed by atoms with Crippen molar-refractivity contribution >= 4 is 21.8 Å². The molecule has 2 heterocycles. The maximum absolute atomic E-state index is 12.9. The third kappa shape index (κ3) is 1.49. The fraction of sp³-hybridized carbons (Fsp3) is 0.0833. The van der Waals surface area contributed by atoms with Crippen LogP contribution in [0.1, 0.15) is 5.56 Å². The summed E-state index contributed by atoms with van der Waals surface area (Å²) in [6, 6.07) is 5.72. The standard InChI is InChI=1S/C12H7F3N2O/c13-12(14,15)7-5-16-9-3-2-8-6(11(7)9)1-4-10(18)17-8/h1-5,16H,(H,17,18). The zero-order chi connectivity index (χ0) is 12.9. The molecule has 3 nitrogen and oxygen atoms in total. The number of nitrogens with one attached hydrogen (secondary N) is 2. The average molecular weight is 252 g/mol. The van der Waals surface area contributed by atoms with E-state index >= 15 is 0 Å².